The van der Waals surface area contributed by atoms with Gasteiger partial charge >= 0.3 is 0 Å². The van der Waals surface area contributed by atoms with Crippen LogP contribution in [-0.4, -0.2) is 17.5 Å². The molecule has 0 aliphatic heterocycles. The normalized spacial score (nSPS) is 19.3. The van der Waals surface area contributed by atoms with Crippen molar-refractivity contribution in [2.45, 2.75) is 31.7 Å². The zero-order valence-electron chi connectivity index (χ0n) is 12.7. The number of nitrogens with zero attached hydrogens (tertiary/aromatic N) is 1. The molecule has 4 rings (SSSR count). The number of ether oxygens (including phenoxy) is 1. The van der Waals surface area contributed by atoms with Crippen molar-refractivity contribution in [2.24, 2.45) is 0 Å². The van der Waals surface area contributed by atoms with Gasteiger partial charge in [-0.2, -0.15) is 0 Å². The number of ketones is 1. The van der Waals surface area contributed by atoms with Gasteiger partial charge in [-0.3, -0.25) is 4.79 Å². The molecule has 0 amide bonds. The van der Waals surface area contributed by atoms with Crippen LogP contribution < -0.4 is 4.74 Å². The standard InChI is InChI=1S/C19H19NO2/c1-22-17-8-9-18-13(12-17)4-5-14(19(18)21)11-16-3-2-10-20(16)15-6-7-15/h2-3,8-12,15H,4-7H2,1H3/b14-11+. The van der Waals surface area contributed by atoms with E-state index in [1.54, 1.807) is 7.11 Å². The molecule has 1 heterocycles. The van der Waals surface area contributed by atoms with Crippen molar-refractivity contribution in [3.8, 4) is 5.75 Å². The number of fused-ring (bicyclic) bond motifs is 1. The summed E-state index contributed by atoms with van der Waals surface area (Å²) >= 11 is 0. The molecule has 0 bridgehead atoms. The van der Waals surface area contributed by atoms with Gasteiger partial charge < -0.3 is 9.30 Å². The van der Waals surface area contributed by atoms with Crippen LogP contribution in [0.3, 0.4) is 0 Å². The van der Waals surface area contributed by atoms with Crippen LogP contribution in [0.25, 0.3) is 6.08 Å². The molecule has 0 spiro atoms. The summed E-state index contributed by atoms with van der Waals surface area (Å²) < 4.78 is 7.54. The average Bonchev–Trinajstić information content (AvgIpc) is 3.29. The van der Waals surface area contributed by atoms with Crippen LogP contribution in [0.5, 0.6) is 5.75 Å². The molecular weight excluding hydrogens is 274 g/mol. The summed E-state index contributed by atoms with van der Waals surface area (Å²) in [6.45, 7) is 0. The minimum Gasteiger partial charge on any atom is -0.497 e. The average molecular weight is 293 g/mol. The number of aromatic nitrogens is 1. The van der Waals surface area contributed by atoms with Gasteiger partial charge in [0.2, 0.25) is 0 Å². The third kappa shape index (κ3) is 2.27. The number of hydrogen-bond acceptors (Lipinski definition) is 2. The van der Waals surface area contributed by atoms with Crippen molar-refractivity contribution in [1.82, 2.24) is 4.57 Å². The second-order valence-electron chi connectivity index (χ2n) is 6.09. The monoisotopic (exact) mass is 293 g/mol. The van der Waals surface area contributed by atoms with Gasteiger partial charge in [0.05, 0.1) is 7.11 Å². The number of allylic oxidation sites excluding steroid dienone is 1. The number of aryl methyl sites for hydroxylation is 1. The number of rotatable bonds is 3. The molecule has 2 aromatic rings. The van der Waals surface area contributed by atoms with Gasteiger partial charge in [-0.05, 0) is 67.7 Å². The Balaban J connectivity index is 1.67. The van der Waals surface area contributed by atoms with E-state index in [9.17, 15) is 4.79 Å². The Morgan fingerprint density at radius 1 is 1.23 bits per heavy atom. The summed E-state index contributed by atoms with van der Waals surface area (Å²) in [6.07, 6.45) is 8.40. The van der Waals surface area contributed by atoms with Crippen molar-refractivity contribution in [1.29, 1.82) is 0 Å². The van der Waals surface area contributed by atoms with Crippen LogP contribution in [0.1, 0.15) is 46.9 Å². The number of methoxy groups -OCH3 is 1. The van der Waals surface area contributed by atoms with Crippen LogP contribution in [0, 0.1) is 0 Å². The largest absolute Gasteiger partial charge is 0.497 e. The van der Waals surface area contributed by atoms with Gasteiger partial charge in [0.15, 0.2) is 5.78 Å². The number of Topliss-reactive ketones (excluding diaryl/α,β-unsaturated/α-hetero) is 1. The van der Waals surface area contributed by atoms with Gasteiger partial charge in [-0.25, -0.2) is 0 Å². The van der Waals surface area contributed by atoms with Crippen LogP contribution in [0.4, 0.5) is 0 Å². The first-order chi connectivity index (χ1) is 10.8. The van der Waals surface area contributed by atoms with Crippen molar-refractivity contribution < 1.29 is 9.53 Å². The molecule has 1 aromatic heterocycles. The van der Waals surface area contributed by atoms with Gasteiger partial charge in [0.1, 0.15) is 5.75 Å². The summed E-state index contributed by atoms with van der Waals surface area (Å²) in [4.78, 5) is 12.7. The lowest BCUT2D eigenvalue weighted by Crippen LogP contribution is -2.14. The maximum atomic E-state index is 12.7. The van der Waals surface area contributed by atoms with Crippen LogP contribution in [-0.2, 0) is 6.42 Å². The molecule has 1 saturated carbocycles. The second kappa shape index (κ2) is 5.16. The van der Waals surface area contributed by atoms with Crippen LogP contribution in [0.15, 0.2) is 42.1 Å². The Bertz CT molecular complexity index is 765. The number of benzene rings is 1. The molecular formula is C19H19NO2. The van der Waals surface area contributed by atoms with E-state index in [-0.39, 0.29) is 5.78 Å². The maximum Gasteiger partial charge on any atom is 0.189 e. The minimum atomic E-state index is 0.160. The first kappa shape index (κ1) is 13.4. The Hall–Kier alpha value is -2.29. The lowest BCUT2D eigenvalue weighted by molar-refractivity contribution is 0.102. The molecule has 3 nitrogen and oxygen atoms in total. The lowest BCUT2D eigenvalue weighted by atomic mass is 9.86. The quantitative estimate of drug-likeness (QED) is 0.800. The molecule has 0 unspecified atom stereocenters. The fraction of sp³-hybridized carbons (Fsp3) is 0.316. The predicted octanol–water partition coefficient (Wildman–Crippen LogP) is 4.04. The minimum absolute atomic E-state index is 0.160. The van der Waals surface area contributed by atoms with Crippen molar-refractivity contribution in [2.75, 3.05) is 7.11 Å². The highest BCUT2D eigenvalue weighted by Crippen LogP contribution is 2.37. The highest BCUT2D eigenvalue weighted by atomic mass is 16.5. The summed E-state index contributed by atoms with van der Waals surface area (Å²) in [5.41, 5.74) is 3.99. The number of carbonyl (C=O) groups excluding carboxylic acids is 1. The van der Waals surface area contributed by atoms with E-state index < -0.39 is 0 Å². The van der Waals surface area contributed by atoms with E-state index in [0.717, 1.165) is 41.0 Å². The first-order valence-electron chi connectivity index (χ1n) is 7.85. The molecule has 0 N–H and O–H groups in total. The fourth-order valence-electron chi connectivity index (χ4n) is 3.21. The van der Waals surface area contributed by atoms with Gasteiger partial charge in [-0.1, -0.05) is 0 Å². The summed E-state index contributed by atoms with van der Waals surface area (Å²) in [6, 6.07) is 10.5. The Labute approximate surface area is 130 Å². The summed E-state index contributed by atoms with van der Waals surface area (Å²) in [5.74, 6) is 0.981. The van der Waals surface area contributed by atoms with Gasteiger partial charge in [0.25, 0.3) is 0 Å². The molecule has 0 saturated heterocycles. The van der Waals surface area contributed by atoms with Crippen molar-refractivity contribution >= 4 is 11.9 Å². The third-order valence-corrected chi connectivity index (χ3v) is 4.59. The fourth-order valence-corrected chi connectivity index (χ4v) is 3.21. The van der Waals surface area contributed by atoms with E-state index in [0.29, 0.717) is 6.04 Å². The Kier molecular flexibility index (Phi) is 3.14. The lowest BCUT2D eigenvalue weighted by Gasteiger charge is -2.18. The first-order valence-corrected chi connectivity index (χ1v) is 7.85. The van der Waals surface area contributed by atoms with Gasteiger partial charge in [0, 0.05) is 29.1 Å². The summed E-state index contributed by atoms with van der Waals surface area (Å²) in [5, 5.41) is 0. The predicted molar refractivity (Wildman–Crippen MR) is 86.3 cm³/mol. The van der Waals surface area contributed by atoms with Crippen LogP contribution in [0.2, 0.25) is 0 Å². The molecule has 22 heavy (non-hydrogen) atoms. The van der Waals surface area contributed by atoms with Crippen molar-refractivity contribution in [3.05, 3.63) is 58.9 Å². The van der Waals surface area contributed by atoms with E-state index in [4.69, 9.17) is 4.74 Å². The maximum absolute atomic E-state index is 12.7. The number of carbonyl (C=O) groups is 1. The number of hydrogen-bond donors (Lipinski definition) is 0. The molecule has 0 radical (unpaired) electrons. The second-order valence-corrected chi connectivity index (χ2v) is 6.09. The summed E-state index contributed by atoms with van der Waals surface area (Å²) in [7, 11) is 1.66. The highest BCUT2D eigenvalue weighted by molar-refractivity contribution is 6.13. The van der Waals surface area contributed by atoms with E-state index in [1.807, 2.05) is 18.2 Å². The zero-order chi connectivity index (χ0) is 15.1. The molecule has 0 atom stereocenters. The molecule has 1 aromatic carbocycles. The smallest absolute Gasteiger partial charge is 0.189 e. The van der Waals surface area contributed by atoms with E-state index in [1.165, 1.54) is 12.8 Å². The van der Waals surface area contributed by atoms with Crippen molar-refractivity contribution in [3.63, 3.8) is 0 Å². The molecule has 112 valence electrons. The Morgan fingerprint density at radius 2 is 2.09 bits per heavy atom. The molecule has 1 fully saturated rings. The van der Waals surface area contributed by atoms with Gasteiger partial charge in [-0.15, -0.1) is 0 Å². The third-order valence-electron chi connectivity index (χ3n) is 4.59. The molecule has 2 aliphatic rings. The topological polar surface area (TPSA) is 31.2 Å². The van der Waals surface area contributed by atoms with Crippen LogP contribution >= 0.6 is 0 Å². The molecule has 2 aliphatic carbocycles. The van der Waals surface area contributed by atoms with E-state index >= 15 is 0 Å². The van der Waals surface area contributed by atoms with E-state index in [2.05, 4.69) is 29.0 Å². The zero-order valence-corrected chi connectivity index (χ0v) is 12.7. The molecule has 3 heteroatoms. The Morgan fingerprint density at radius 3 is 2.86 bits per heavy atom. The highest BCUT2D eigenvalue weighted by Gasteiger charge is 2.26. The SMILES string of the molecule is COc1ccc2c(c1)CC/C(=C\c1cccn1C1CC1)C2=O.